The van der Waals surface area contributed by atoms with E-state index in [1.165, 1.54) is 25.8 Å². The summed E-state index contributed by atoms with van der Waals surface area (Å²) in [5, 5.41) is 0. The predicted octanol–water partition coefficient (Wildman–Crippen LogP) is 3.35. The predicted molar refractivity (Wildman–Crippen MR) is 69.6 cm³/mol. The summed E-state index contributed by atoms with van der Waals surface area (Å²) < 4.78 is 0. The summed E-state index contributed by atoms with van der Waals surface area (Å²) >= 11 is 0. The van der Waals surface area contributed by atoms with Crippen molar-refractivity contribution in [2.45, 2.75) is 26.2 Å². The van der Waals surface area contributed by atoms with Crippen molar-refractivity contribution in [3.05, 3.63) is 30.5 Å². The van der Waals surface area contributed by atoms with E-state index in [-0.39, 0.29) is 0 Å². The molecule has 0 aromatic carbocycles. The van der Waals surface area contributed by atoms with Gasteiger partial charge in [-0.3, -0.25) is 0 Å². The van der Waals surface area contributed by atoms with Crippen LogP contribution in [0.4, 0.5) is 5.82 Å². The fourth-order valence-corrected chi connectivity index (χ4v) is 2.39. The Morgan fingerprint density at radius 2 is 2.44 bits per heavy atom. The molecule has 0 aliphatic carbocycles. The zero-order valence-electron chi connectivity index (χ0n) is 10.0. The molecular weight excluding hydrogens is 196 g/mol. The minimum absolute atomic E-state index is 0.867. The van der Waals surface area contributed by atoms with Crippen molar-refractivity contribution in [2.24, 2.45) is 5.92 Å². The summed E-state index contributed by atoms with van der Waals surface area (Å²) in [5.74, 6) is 1.98. The average molecular weight is 216 g/mol. The van der Waals surface area contributed by atoms with Crippen LogP contribution in [-0.4, -0.2) is 18.1 Å². The Kier molecular flexibility index (Phi) is 3.60. The Hall–Kier alpha value is -1.31. The fourth-order valence-electron chi connectivity index (χ4n) is 2.39. The smallest absolute Gasteiger partial charge is 0.128 e. The highest BCUT2D eigenvalue weighted by atomic mass is 15.2. The lowest BCUT2D eigenvalue weighted by atomic mass is 10.0. The molecular formula is C14H20N2. The van der Waals surface area contributed by atoms with Crippen LogP contribution >= 0.6 is 0 Å². The van der Waals surface area contributed by atoms with Crippen LogP contribution in [0.3, 0.4) is 0 Å². The Morgan fingerprint density at radius 1 is 1.56 bits per heavy atom. The standard InChI is InChI=1S/C14H20N2/c1-3-5-13-8-9-16(11-13)14-7-6-12(4-2)10-15-14/h4,6-7,10,13H,2-3,5,8-9,11H2,1H3. The molecule has 1 atom stereocenters. The van der Waals surface area contributed by atoms with Gasteiger partial charge in [0.15, 0.2) is 0 Å². The first-order valence-electron chi connectivity index (χ1n) is 6.17. The van der Waals surface area contributed by atoms with Gasteiger partial charge >= 0.3 is 0 Å². The second-order valence-electron chi connectivity index (χ2n) is 4.54. The highest BCUT2D eigenvalue weighted by molar-refractivity contribution is 5.49. The third kappa shape index (κ3) is 2.43. The molecule has 86 valence electrons. The summed E-state index contributed by atoms with van der Waals surface area (Å²) in [6.45, 7) is 8.34. The summed E-state index contributed by atoms with van der Waals surface area (Å²) in [6, 6.07) is 4.19. The van der Waals surface area contributed by atoms with Gasteiger partial charge in [0.25, 0.3) is 0 Å². The molecule has 1 saturated heterocycles. The van der Waals surface area contributed by atoms with E-state index in [9.17, 15) is 0 Å². The average Bonchev–Trinajstić information content (AvgIpc) is 2.78. The molecule has 2 rings (SSSR count). The van der Waals surface area contributed by atoms with Gasteiger partial charge in [0.1, 0.15) is 5.82 Å². The van der Waals surface area contributed by atoms with Crippen LogP contribution in [0.15, 0.2) is 24.9 Å². The third-order valence-corrected chi connectivity index (χ3v) is 3.31. The number of aromatic nitrogens is 1. The second-order valence-corrected chi connectivity index (χ2v) is 4.54. The minimum Gasteiger partial charge on any atom is -0.356 e. The molecule has 1 unspecified atom stereocenters. The van der Waals surface area contributed by atoms with Crippen LogP contribution in [0, 0.1) is 5.92 Å². The van der Waals surface area contributed by atoms with Crippen molar-refractivity contribution in [3.63, 3.8) is 0 Å². The zero-order chi connectivity index (χ0) is 11.4. The van der Waals surface area contributed by atoms with Crippen LogP contribution in [0.2, 0.25) is 0 Å². The Labute approximate surface area is 98.0 Å². The van der Waals surface area contributed by atoms with Gasteiger partial charge < -0.3 is 4.90 Å². The fraction of sp³-hybridized carbons (Fsp3) is 0.500. The van der Waals surface area contributed by atoms with E-state index >= 15 is 0 Å². The number of hydrogen-bond donors (Lipinski definition) is 0. The van der Waals surface area contributed by atoms with Gasteiger partial charge in [-0.1, -0.05) is 26.0 Å². The highest BCUT2D eigenvalue weighted by Gasteiger charge is 2.22. The number of nitrogens with zero attached hydrogens (tertiary/aromatic N) is 2. The molecule has 2 heteroatoms. The number of anilines is 1. The van der Waals surface area contributed by atoms with Gasteiger partial charge in [-0.15, -0.1) is 0 Å². The summed E-state index contributed by atoms with van der Waals surface area (Å²) in [6.07, 6.45) is 7.69. The van der Waals surface area contributed by atoms with Crippen molar-refractivity contribution >= 4 is 11.9 Å². The number of rotatable bonds is 4. The van der Waals surface area contributed by atoms with Gasteiger partial charge in [-0.05, 0) is 36.5 Å². The van der Waals surface area contributed by atoms with Gasteiger partial charge in [-0.2, -0.15) is 0 Å². The minimum atomic E-state index is 0.867. The molecule has 1 aromatic rings. The molecule has 16 heavy (non-hydrogen) atoms. The van der Waals surface area contributed by atoms with E-state index < -0.39 is 0 Å². The maximum Gasteiger partial charge on any atom is 0.128 e. The van der Waals surface area contributed by atoms with Crippen LogP contribution < -0.4 is 4.90 Å². The highest BCUT2D eigenvalue weighted by Crippen LogP contribution is 2.25. The molecule has 1 aromatic heterocycles. The normalized spacial score (nSPS) is 20.1. The SMILES string of the molecule is C=Cc1ccc(N2CCC(CCC)C2)nc1. The number of pyridine rings is 1. The van der Waals surface area contributed by atoms with Crippen molar-refractivity contribution in [1.82, 2.24) is 4.98 Å². The molecule has 0 amide bonds. The summed E-state index contributed by atoms with van der Waals surface area (Å²) in [5.41, 5.74) is 1.09. The lowest BCUT2D eigenvalue weighted by Crippen LogP contribution is -2.20. The molecule has 2 nitrogen and oxygen atoms in total. The van der Waals surface area contributed by atoms with Crippen LogP contribution in [0.1, 0.15) is 31.7 Å². The first-order chi connectivity index (χ1) is 7.83. The molecule has 1 aliphatic heterocycles. The van der Waals surface area contributed by atoms with E-state index in [1.807, 2.05) is 12.3 Å². The monoisotopic (exact) mass is 216 g/mol. The molecule has 0 N–H and O–H groups in total. The van der Waals surface area contributed by atoms with Crippen molar-refractivity contribution in [3.8, 4) is 0 Å². The molecule has 0 bridgehead atoms. The topological polar surface area (TPSA) is 16.1 Å². The molecule has 0 saturated carbocycles. The van der Waals surface area contributed by atoms with E-state index in [2.05, 4.69) is 35.5 Å². The van der Waals surface area contributed by atoms with Crippen molar-refractivity contribution in [1.29, 1.82) is 0 Å². The van der Waals surface area contributed by atoms with Crippen molar-refractivity contribution in [2.75, 3.05) is 18.0 Å². The lowest BCUT2D eigenvalue weighted by Gasteiger charge is -2.17. The van der Waals surface area contributed by atoms with E-state index in [0.29, 0.717) is 0 Å². The maximum atomic E-state index is 4.48. The van der Waals surface area contributed by atoms with Crippen LogP contribution in [0.25, 0.3) is 6.08 Å². The Bertz CT molecular complexity index is 342. The van der Waals surface area contributed by atoms with Gasteiger partial charge in [0.05, 0.1) is 0 Å². The van der Waals surface area contributed by atoms with Crippen LogP contribution in [0.5, 0.6) is 0 Å². The zero-order valence-corrected chi connectivity index (χ0v) is 10.0. The molecule has 0 radical (unpaired) electrons. The maximum absolute atomic E-state index is 4.48. The van der Waals surface area contributed by atoms with Crippen molar-refractivity contribution < 1.29 is 0 Å². The second kappa shape index (κ2) is 5.15. The van der Waals surface area contributed by atoms with Crippen LogP contribution in [-0.2, 0) is 0 Å². The molecule has 1 fully saturated rings. The summed E-state index contributed by atoms with van der Waals surface area (Å²) in [7, 11) is 0. The van der Waals surface area contributed by atoms with E-state index in [4.69, 9.17) is 0 Å². The quantitative estimate of drug-likeness (QED) is 0.767. The Balaban J connectivity index is 2.00. The van der Waals surface area contributed by atoms with E-state index in [0.717, 1.165) is 23.8 Å². The lowest BCUT2D eigenvalue weighted by molar-refractivity contribution is 0.529. The van der Waals surface area contributed by atoms with E-state index in [1.54, 1.807) is 0 Å². The summed E-state index contributed by atoms with van der Waals surface area (Å²) in [4.78, 5) is 6.88. The first-order valence-corrected chi connectivity index (χ1v) is 6.17. The van der Waals surface area contributed by atoms with Gasteiger partial charge in [0.2, 0.25) is 0 Å². The largest absolute Gasteiger partial charge is 0.356 e. The number of hydrogen-bond acceptors (Lipinski definition) is 2. The first kappa shape index (κ1) is 11.2. The van der Waals surface area contributed by atoms with Gasteiger partial charge in [-0.25, -0.2) is 4.98 Å². The van der Waals surface area contributed by atoms with Gasteiger partial charge in [0, 0.05) is 19.3 Å². The Morgan fingerprint density at radius 3 is 3.06 bits per heavy atom. The molecule has 1 aliphatic rings. The molecule has 2 heterocycles. The molecule has 0 spiro atoms. The third-order valence-electron chi connectivity index (χ3n) is 3.31.